The summed E-state index contributed by atoms with van der Waals surface area (Å²) in [6.45, 7) is 0. The van der Waals surface area contributed by atoms with Gasteiger partial charge in [0.15, 0.2) is 9.84 Å². The molecule has 0 aliphatic heterocycles. The highest BCUT2D eigenvalue weighted by Gasteiger charge is 2.30. The number of sulfone groups is 1. The molecule has 1 aromatic carbocycles. The predicted octanol–water partition coefficient (Wildman–Crippen LogP) is 3.68. The van der Waals surface area contributed by atoms with Gasteiger partial charge in [0.2, 0.25) is 0 Å². The summed E-state index contributed by atoms with van der Waals surface area (Å²) in [5.41, 5.74) is 0.561. The van der Waals surface area contributed by atoms with E-state index in [1.165, 1.54) is 12.1 Å². The first kappa shape index (κ1) is 17.7. The van der Waals surface area contributed by atoms with Gasteiger partial charge in [-0.1, -0.05) is 24.3 Å². The zero-order valence-corrected chi connectivity index (χ0v) is 13.2. The monoisotopic (exact) mass is 352 g/mol. The fourth-order valence-electron chi connectivity index (χ4n) is 1.86. The Kier molecular flexibility index (Phi) is 4.76. The molecule has 124 valence electrons. The molecule has 0 aliphatic carbocycles. The van der Waals surface area contributed by atoms with Gasteiger partial charge in [-0.05, 0) is 23.8 Å². The lowest BCUT2D eigenvalue weighted by molar-refractivity contribution is -0.137. The van der Waals surface area contributed by atoms with E-state index in [0.29, 0.717) is 16.8 Å². The number of aromatic nitrogens is 1. The van der Waals surface area contributed by atoms with Crippen LogP contribution in [0.25, 0.3) is 17.3 Å². The molecule has 0 fully saturated rings. The van der Waals surface area contributed by atoms with Gasteiger partial charge in [0.25, 0.3) is 0 Å². The van der Waals surface area contributed by atoms with Gasteiger partial charge in [0.05, 0.1) is 11.3 Å². The standard InChI is InChI=1S/C16H11F3N2O2S/c1-24(22,23)14(9-20)8-11-2-4-12(5-3-11)15-7-6-13(10-21-15)16(17,18)19/h2-8,10H,1H3. The predicted molar refractivity (Wildman–Crippen MR) is 83.1 cm³/mol. The topological polar surface area (TPSA) is 70.8 Å². The summed E-state index contributed by atoms with van der Waals surface area (Å²) in [5, 5.41) is 8.85. The van der Waals surface area contributed by atoms with E-state index in [-0.39, 0.29) is 4.91 Å². The van der Waals surface area contributed by atoms with Crippen LogP contribution in [0.1, 0.15) is 11.1 Å². The lowest BCUT2D eigenvalue weighted by atomic mass is 10.1. The molecule has 0 aliphatic rings. The Morgan fingerprint density at radius 1 is 1.17 bits per heavy atom. The Labute approximate surface area is 136 Å². The highest BCUT2D eigenvalue weighted by atomic mass is 32.2. The molecule has 0 unspecified atom stereocenters. The van der Waals surface area contributed by atoms with E-state index in [1.807, 2.05) is 0 Å². The molecule has 0 spiro atoms. The second-order valence-corrected chi connectivity index (χ2v) is 6.93. The van der Waals surface area contributed by atoms with Crippen molar-refractivity contribution in [1.29, 1.82) is 5.26 Å². The van der Waals surface area contributed by atoms with Crippen LogP contribution in [0.5, 0.6) is 0 Å². The molecular weight excluding hydrogens is 341 g/mol. The number of halogens is 3. The van der Waals surface area contributed by atoms with Gasteiger partial charge in [-0.15, -0.1) is 0 Å². The van der Waals surface area contributed by atoms with E-state index >= 15 is 0 Å². The van der Waals surface area contributed by atoms with Crippen molar-refractivity contribution < 1.29 is 21.6 Å². The zero-order chi connectivity index (χ0) is 18.0. The Balaban J connectivity index is 2.30. The number of hydrogen-bond donors (Lipinski definition) is 0. The van der Waals surface area contributed by atoms with Crippen LogP contribution in [0, 0.1) is 11.3 Å². The number of hydrogen-bond acceptors (Lipinski definition) is 4. The third-order valence-electron chi connectivity index (χ3n) is 3.10. The smallest absolute Gasteiger partial charge is 0.256 e. The molecule has 1 heterocycles. The minimum absolute atomic E-state index is 0.349. The van der Waals surface area contributed by atoms with Crippen LogP contribution in [0.4, 0.5) is 13.2 Å². The van der Waals surface area contributed by atoms with E-state index in [4.69, 9.17) is 5.26 Å². The van der Waals surface area contributed by atoms with Gasteiger partial charge in [-0.2, -0.15) is 18.4 Å². The van der Waals surface area contributed by atoms with Crippen LogP contribution in [0.15, 0.2) is 47.5 Å². The summed E-state index contributed by atoms with van der Waals surface area (Å²) in [5.74, 6) is 0. The maximum atomic E-state index is 12.5. The zero-order valence-electron chi connectivity index (χ0n) is 12.4. The van der Waals surface area contributed by atoms with E-state index in [2.05, 4.69) is 4.98 Å². The minimum atomic E-state index is -4.44. The number of alkyl halides is 3. The normalized spacial score (nSPS) is 12.7. The fourth-order valence-corrected chi connectivity index (χ4v) is 2.37. The minimum Gasteiger partial charge on any atom is -0.256 e. The van der Waals surface area contributed by atoms with E-state index in [1.54, 1.807) is 30.3 Å². The largest absolute Gasteiger partial charge is 0.417 e. The van der Waals surface area contributed by atoms with Crippen LogP contribution < -0.4 is 0 Å². The molecule has 2 rings (SSSR count). The lowest BCUT2D eigenvalue weighted by Gasteiger charge is -2.07. The number of rotatable bonds is 3. The van der Waals surface area contributed by atoms with Crippen LogP contribution in [0.3, 0.4) is 0 Å². The number of nitriles is 1. The maximum absolute atomic E-state index is 12.5. The molecule has 24 heavy (non-hydrogen) atoms. The van der Waals surface area contributed by atoms with Gasteiger partial charge in [0, 0.05) is 18.0 Å². The molecule has 0 saturated heterocycles. The lowest BCUT2D eigenvalue weighted by Crippen LogP contribution is -2.05. The van der Waals surface area contributed by atoms with E-state index in [0.717, 1.165) is 18.5 Å². The Morgan fingerprint density at radius 3 is 2.21 bits per heavy atom. The molecule has 0 N–H and O–H groups in total. The molecule has 2 aromatic rings. The van der Waals surface area contributed by atoms with Crippen molar-refractivity contribution >= 4 is 15.9 Å². The molecular formula is C16H11F3N2O2S. The number of allylic oxidation sites excluding steroid dienone is 1. The van der Waals surface area contributed by atoms with Crippen molar-refractivity contribution in [3.63, 3.8) is 0 Å². The number of nitrogens with zero attached hydrogens (tertiary/aromatic N) is 2. The van der Waals surface area contributed by atoms with Gasteiger partial charge in [-0.25, -0.2) is 8.42 Å². The summed E-state index contributed by atoms with van der Waals surface area (Å²) in [4.78, 5) is 3.41. The number of benzene rings is 1. The van der Waals surface area contributed by atoms with Crippen LogP contribution >= 0.6 is 0 Å². The Bertz CT molecular complexity index is 908. The van der Waals surface area contributed by atoms with Crippen LogP contribution in [-0.2, 0) is 16.0 Å². The van der Waals surface area contributed by atoms with Crippen LogP contribution in [-0.4, -0.2) is 19.7 Å². The maximum Gasteiger partial charge on any atom is 0.417 e. The summed E-state index contributed by atoms with van der Waals surface area (Å²) in [6, 6.07) is 10.1. The summed E-state index contributed by atoms with van der Waals surface area (Å²) in [7, 11) is -3.61. The van der Waals surface area contributed by atoms with Crippen molar-refractivity contribution in [1.82, 2.24) is 4.98 Å². The van der Waals surface area contributed by atoms with Gasteiger partial charge in [0.1, 0.15) is 11.0 Å². The molecule has 0 atom stereocenters. The quantitative estimate of drug-likeness (QED) is 0.790. The van der Waals surface area contributed by atoms with Crippen molar-refractivity contribution in [2.45, 2.75) is 6.18 Å². The van der Waals surface area contributed by atoms with Crippen molar-refractivity contribution in [3.8, 4) is 17.3 Å². The first-order valence-electron chi connectivity index (χ1n) is 6.57. The number of pyridine rings is 1. The SMILES string of the molecule is CS(=O)(=O)C(C#N)=Cc1ccc(-c2ccc(C(F)(F)F)cn2)cc1. The fraction of sp³-hybridized carbons (Fsp3) is 0.125. The van der Waals surface area contributed by atoms with Crippen LogP contribution in [0.2, 0.25) is 0 Å². The van der Waals surface area contributed by atoms with Gasteiger partial charge >= 0.3 is 6.18 Å². The molecule has 1 aromatic heterocycles. The van der Waals surface area contributed by atoms with E-state index < -0.39 is 21.6 Å². The highest BCUT2D eigenvalue weighted by Crippen LogP contribution is 2.29. The average molecular weight is 352 g/mol. The average Bonchev–Trinajstić information content (AvgIpc) is 2.51. The van der Waals surface area contributed by atoms with Gasteiger partial charge < -0.3 is 0 Å². The molecule has 8 heteroatoms. The van der Waals surface area contributed by atoms with Crippen molar-refractivity contribution in [2.75, 3.05) is 6.26 Å². The highest BCUT2D eigenvalue weighted by molar-refractivity contribution is 7.95. The Hall–Kier alpha value is -2.66. The first-order chi connectivity index (χ1) is 11.1. The first-order valence-corrected chi connectivity index (χ1v) is 8.46. The Morgan fingerprint density at radius 2 is 1.79 bits per heavy atom. The second kappa shape index (κ2) is 6.45. The molecule has 0 saturated carbocycles. The summed E-state index contributed by atoms with van der Waals surface area (Å²) in [6.07, 6.45) is -1.54. The molecule has 0 bridgehead atoms. The van der Waals surface area contributed by atoms with E-state index in [9.17, 15) is 21.6 Å². The molecule has 4 nitrogen and oxygen atoms in total. The van der Waals surface area contributed by atoms with Crippen molar-refractivity contribution in [2.24, 2.45) is 0 Å². The summed E-state index contributed by atoms with van der Waals surface area (Å²) >= 11 is 0. The third kappa shape index (κ3) is 4.20. The molecule has 0 amide bonds. The second-order valence-electron chi connectivity index (χ2n) is 4.94. The van der Waals surface area contributed by atoms with Crippen molar-refractivity contribution in [3.05, 3.63) is 58.6 Å². The summed E-state index contributed by atoms with van der Waals surface area (Å²) < 4.78 is 60.3. The molecule has 0 radical (unpaired) electrons. The van der Waals surface area contributed by atoms with Gasteiger partial charge in [-0.3, -0.25) is 4.98 Å². The third-order valence-corrected chi connectivity index (χ3v) is 4.11.